The Balaban J connectivity index is 1.57. The van der Waals surface area contributed by atoms with Crippen molar-refractivity contribution in [3.8, 4) is 11.3 Å². The molecule has 4 aromatic rings. The van der Waals surface area contributed by atoms with E-state index in [2.05, 4.69) is 32.3 Å². The first kappa shape index (κ1) is 22.2. The topological polar surface area (TPSA) is 84.4 Å². The third-order valence-electron chi connectivity index (χ3n) is 5.80. The lowest BCUT2D eigenvalue weighted by Crippen LogP contribution is -2.29. The van der Waals surface area contributed by atoms with Gasteiger partial charge in [-0.2, -0.15) is 0 Å². The van der Waals surface area contributed by atoms with E-state index in [1.807, 2.05) is 54.3 Å². The molecule has 2 aromatic heterocycles. The van der Waals surface area contributed by atoms with Gasteiger partial charge in [-0.3, -0.25) is 15.1 Å². The van der Waals surface area contributed by atoms with Gasteiger partial charge in [0, 0.05) is 34.1 Å². The van der Waals surface area contributed by atoms with Crippen LogP contribution >= 0.6 is 28.1 Å². The number of benzene rings is 2. The maximum absolute atomic E-state index is 11.0. The lowest BCUT2D eigenvalue weighted by Gasteiger charge is -2.26. The molecule has 0 unspecified atom stereocenters. The number of rotatable bonds is 5. The van der Waals surface area contributed by atoms with Crippen molar-refractivity contribution in [1.82, 2.24) is 10.3 Å². The monoisotopic (exact) mass is 534 g/mol. The van der Waals surface area contributed by atoms with Crippen LogP contribution in [-0.4, -0.2) is 15.0 Å². The summed E-state index contributed by atoms with van der Waals surface area (Å²) in [5, 5.41) is 15.0. The highest BCUT2D eigenvalue weighted by Crippen LogP contribution is 2.43. The highest BCUT2D eigenvalue weighted by atomic mass is 79.9. The molecule has 0 spiro atoms. The lowest BCUT2D eigenvalue weighted by molar-refractivity contribution is -0.384. The second-order valence-electron chi connectivity index (χ2n) is 7.94. The van der Waals surface area contributed by atoms with E-state index < -0.39 is 4.92 Å². The Bertz CT molecular complexity index is 1370. The van der Waals surface area contributed by atoms with Crippen LogP contribution in [0, 0.1) is 17.0 Å². The van der Waals surface area contributed by atoms with E-state index in [0.29, 0.717) is 16.6 Å². The number of pyridine rings is 1. The van der Waals surface area contributed by atoms with E-state index in [9.17, 15) is 10.1 Å². The van der Waals surface area contributed by atoms with Gasteiger partial charge >= 0.3 is 0 Å². The number of nitrogens with zero attached hydrogens (tertiary/aromatic N) is 3. The van der Waals surface area contributed by atoms with Gasteiger partial charge in [-0.15, -0.1) is 0 Å². The maximum Gasteiger partial charge on any atom is 0.269 e. The van der Waals surface area contributed by atoms with Gasteiger partial charge in [-0.25, -0.2) is 0 Å². The normalized spacial score (nSPS) is 17.6. The molecule has 0 radical (unpaired) electrons. The van der Waals surface area contributed by atoms with Crippen molar-refractivity contribution in [3.05, 3.63) is 111 Å². The minimum atomic E-state index is -0.419. The maximum atomic E-state index is 11.0. The Morgan fingerprint density at radius 3 is 2.59 bits per heavy atom. The summed E-state index contributed by atoms with van der Waals surface area (Å²) in [7, 11) is 0. The van der Waals surface area contributed by atoms with Gasteiger partial charge in [-0.1, -0.05) is 22.0 Å². The van der Waals surface area contributed by atoms with Crippen LogP contribution in [0.1, 0.15) is 29.1 Å². The van der Waals surface area contributed by atoms with Crippen LogP contribution in [0.3, 0.4) is 0 Å². The molecular weight excluding hydrogens is 516 g/mol. The SMILES string of the molecule is Cc1cc(N2C(=S)N[C@H](c3ccccn3)[C@H]2c2ccc(-c3ccc([N+](=O)[O-])cc3)o2)ccc1Br. The fraction of sp³-hybridized carbons (Fsp3) is 0.120. The van der Waals surface area contributed by atoms with Crippen LogP contribution < -0.4 is 10.2 Å². The van der Waals surface area contributed by atoms with Crippen molar-refractivity contribution >= 4 is 44.6 Å². The third kappa shape index (κ3) is 4.08. The minimum Gasteiger partial charge on any atom is -0.459 e. The average Bonchev–Trinajstić information content (AvgIpc) is 3.46. The van der Waals surface area contributed by atoms with Gasteiger partial charge in [0.1, 0.15) is 17.6 Å². The summed E-state index contributed by atoms with van der Waals surface area (Å²) in [5.41, 5.74) is 3.67. The first-order chi connectivity index (χ1) is 16.4. The number of thiocarbonyl (C=S) groups is 1. The van der Waals surface area contributed by atoms with Crippen LogP contribution in [0.2, 0.25) is 0 Å². The third-order valence-corrected chi connectivity index (χ3v) is 7.00. The van der Waals surface area contributed by atoms with Crippen LogP contribution in [0.4, 0.5) is 11.4 Å². The number of non-ortho nitro benzene ring substituents is 1. The zero-order chi connectivity index (χ0) is 23.8. The molecule has 170 valence electrons. The van der Waals surface area contributed by atoms with Gasteiger partial charge in [-0.05, 0) is 79.3 Å². The first-order valence-corrected chi connectivity index (χ1v) is 11.7. The number of anilines is 1. The van der Waals surface area contributed by atoms with E-state index in [0.717, 1.165) is 27.0 Å². The Labute approximate surface area is 209 Å². The van der Waals surface area contributed by atoms with Gasteiger partial charge in [0.25, 0.3) is 5.69 Å². The summed E-state index contributed by atoms with van der Waals surface area (Å²) in [5.74, 6) is 1.33. The molecule has 1 aliphatic heterocycles. The van der Waals surface area contributed by atoms with Crippen molar-refractivity contribution in [2.24, 2.45) is 0 Å². The number of aromatic nitrogens is 1. The highest BCUT2D eigenvalue weighted by Gasteiger charge is 2.42. The summed E-state index contributed by atoms with van der Waals surface area (Å²) in [4.78, 5) is 17.2. The Morgan fingerprint density at radius 2 is 1.91 bits per heavy atom. The smallest absolute Gasteiger partial charge is 0.269 e. The molecule has 0 bridgehead atoms. The summed E-state index contributed by atoms with van der Waals surface area (Å²) < 4.78 is 7.33. The number of nitrogens with one attached hydrogen (secondary N) is 1. The molecule has 1 aliphatic rings. The molecule has 1 fully saturated rings. The number of aryl methyl sites for hydroxylation is 1. The Kier molecular flexibility index (Phi) is 5.89. The first-order valence-electron chi connectivity index (χ1n) is 10.5. The molecule has 3 heterocycles. The van der Waals surface area contributed by atoms with Crippen LogP contribution in [0.25, 0.3) is 11.3 Å². The van der Waals surface area contributed by atoms with E-state index in [1.165, 1.54) is 12.1 Å². The van der Waals surface area contributed by atoms with Gasteiger partial charge in [0.15, 0.2) is 5.11 Å². The molecular formula is C25H19BrN4O3S. The van der Waals surface area contributed by atoms with E-state index in [4.69, 9.17) is 16.6 Å². The summed E-state index contributed by atoms with van der Waals surface area (Å²) >= 11 is 9.33. The number of nitro benzene ring substituents is 1. The van der Waals surface area contributed by atoms with E-state index in [1.54, 1.807) is 18.3 Å². The number of furan rings is 1. The van der Waals surface area contributed by atoms with Gasteiger partial charge in [0.05, 0.1) is 16.7 Å². The molecule has 2 aromatic carbocycles. The summed E-state index contributed by atoms with van der Waals surface area (Å²) in [6.07, 6.45) is 1.76. The molecule has 1 N–H and O–H groups in total. The molecule has 0 saturated carbocycles. The van der Waals surface area contributed by atoms with Crippen molar-refractivity contribution in [1.29, 1.82) is 0 Å². The molecule has 34 heavy (non-hydrogen) atoms. The number of nitro groups is 1. The second kappa shape index (κ2) is 9.00. The van der Waals surface area contributed by atoms with Crippen LogP contribution in [-0.2, 0) is 0 Å². The zero-order valence-corrected chi connectivity index (χ0v) is 20.4. The molecule has 7 nitrogen and oxygen atoms in total. The number of hydrogen-bond donors (Lipinski definition) is 1. The number of halogens is 1. The van der Waals surface area contributed by atoms with Crippen molar-refractivity contribution in [2.75, 3.05) is 4.90 Å². The molecule has 1 saturated heterocycles. The minimum absolute atomic E-state index is 0.0351. The van der Waals surface area contributed by atoms with Crippen molar-refractivity contribution < 1.29 is 9.34 Å². The predicted octanol–water partition coefficient (Wildman–Crippen LogP) is 6.50. The van der Waals surface area contributed by atoms with Crippen molar-refractivity contribution in [3.63, 3.8) is 0 Å². The summed E-state index contributed by atoms with van der Waals surface area (Å²) in [6.45, 7) is 2.03. The fourth-order valence-corrected chi connectivity index (χ4v) is 4.71. The molecule has 9 heteroatoms. The van der Waals surface area contributed by atoms with Crippen LogP contribution in [0.5, 0.6) is 0 Å². The van der Waals surface area contributed by atoms with Crippen LogP contribution in [0.15, 0.2) is 87.9 Å². The quantitative estimate of drug-likeness (QED) is 0.178. The molecule has 0 aliphatic carbocycles. The van der Waals surface area contributed by atoms with E-state index in [-0.39, 0.29) is 17.8 Å². The van der Waals surface area contributed by atoms with E-state index >= 15 is 0 Å². The standard InChI is InChI=1S/C25H19BrN4O3S/c1-15-14-18(9-10-19(15)26)29-24(23(28-25(29)34)20-4-2-3-13-27-20)22-12-11-21(33-22)16-5-7-17(8-6-16)30(31)32/h2-14,23-24H,1H3,(H,28,34)/t23-,24-/m1/s1. The number of hydrogen-bond acceptors (Lipinski definition) is 5. The average molecular weight is 535 g/mol. The summed E-state index contributed by atoms with van der Waals surface area (Å²) in [6, 6.07) is 21.5. The largest absolute Gasteiger partial charge is 0.459 e. The molecule has 5 rings (SSSR count). The zero-order valence-electron chi connectivity index (χ0n) is 18.0. The van der Waals surface area contributed by atoms with Gasteiger partial charge in [0.2, 0.25) is 0 Å². The Hall–Kier alpha value is -3.56. The molecule has 0 amide bonds. The predicted molar refractivity (Wildman–Crippen MR) is 138 cm³/mol. The molecule has 2 atom stereocenters. The second-order valence-corrected chi connectivity index (χ2v) is 9.18. The Morgan fingerprint density at radius 1 is 1.12 bits per heavy atom. The highest BCUT2D eigenvalue weighted by molar-refractivity contribution is 9.10. The van der Waals surface area contributed by atoms with Crippen molar-refractivity contribution in [2.45, 2.75) is 19.0 Å². The lowest BCUT2D eigenvalue weighted by atomic mass is 10.0. The van der Waals surface area contributed by atoms with Gasteiger partial charge < -0.3 is 14.6 Å². The fourth-order valence-electron chi connectivity index (χ4n) is 4.11.